The lowest BCUT2D eigenvalue weighted by molar-refractivity contribution is 0.0599. The van der Waals surface area contributed by atoms with Gasteiger partial charge in [-0.15, -0.1) is 0 Å². The third-order valence-corrected chi connectivity index (χ3v) is 4.43. The maximum atomic E-state index is 12.8. The molecule has 0 saturated carbocycles. The molecular formula is C21H25NO4. The summed E-state index contributed by atoms with van der Waals surface area (Å²) in [6.07, 6.45) is 0.550. The Labute approximate surface area is 154 Å². The normalized spacial score (nSPS) is 11.7. The van der Waals surface area contributed by atoms with Crippen LogP contribution in [-0.4, -0.2) is 48.2 Å². The first-order chi connectivity index (χ1) is 12.5. The summed E-state index contributed by atoms with van der Waals surface area (Å²) in [6.45, 7) is 4.50. The van der Waals surface area contributed by atoms with Gasteiger partial charge in [0.05, 0.1) is 12.7 Å². The number of amides is 1. The van der Waals surface area contributed by atoms with E-state index in [1.165, 1.54) is 7.11 Å². The Kier molecular flexibility index (Phi) is 6.92. The molecule has 0 aliphatic rings. The SMILES string of the molecule is CCN(C(=O)c1cccc(-c2ccc(C(=O)OC)cc2)c1)[C@@H](C)CCO. The van der Waals surface area contributed by atoms with E-state index < -0.39 is 0 Å². The van der Waals surface area contributed by atoms with Crippen molar-refractivity contribution in [2.75, 3.05) is 20.3 Å². The minimum atomic E-state index is -0.378. The molecule has 2 aromatic rings. The predicted molar refractivity (Wildman–Crippen MR) is 101 cm³/mol. The molecule has 0 spiro atoms. The van der Waals surface area contributed by atoms with Gasteiger partial charge in [-0.1, -0.05) is 24.3 Å². The monoisotopic (exact) mass is 355 g/mol. The summed E-state index contributed by atoms with van der Waals surface area (Å²) in [4.78, 5) is 26.1. The van der Waals surface area contributed by atoms with E-state index in [9.17, 15) is 9.59 Å². The first-order valence-corrected chi connectivity index (χ1v) is 8.72. The van der Waals surface area contributed by atoms with E-state index in [0.717, 1.165) is 11.1 Å². The van der Waals surface area contributed by atoms with E-state index in [4.69, 9.17) is 9.84 Å². The van der Waals surface area contributed by atoms with Crippen molar-refractivity contribution in [1.29, 1.82) is 0 Å². The molecule has 2 aromatic carbocycles. The van der Waals surface area contributed by atoms with Gasteiger partial charge in [0.25, 0.3) is 5.91 Å². The van der Waals surface area contributed by atoms with Crippen LogP contribution in [0, 0.1) is 0 Å². The number of methoxy groups -OCH3 is 1. The van der Waals surface area contributed by atoms with Crippen molar-refractivity contribution >= 4 is 11.9 Å². The smallest absolute Gasteiger partial charge is 0.337 e. The zero-order chi connectivity index (χ0) is 19.1. The molecule has 1 atom stereocenters. The van der Waals surface area contributed by atoms with E-state index in [0.29, 0.717) is 24.1 Å². The lowest BCUT2D eigenvalue weighted by Crippen LogP contribution is -2.39. The summed E-state index contributed by atoms with van der Waals surface area (Å²) in [5.41, 5.74) is 2.90. The fourth-order valence-corrected chi connectivity index (χ4v) is 2.91. The number of hydrogen-bond acceptors (Lipinski definition) is 4. The molecule has 1 amide bonds. The van der Waals surface area contributed by atoms with Crippen molar-refractivity contribution < 1.29 is 19.4 Å². The highest BCUT2D eigenvalue weighted by atomic mass is 16.5. The van der Waals surface area contributed by atoms with Crippen LogP contribution in [0.3, 0.4) is 0 Å². The first-order valence-electron chi connectivity index (χ1n) is 8.72. The van der Waals surface area contributed by atoms with Crippen LogP contribution in [0.25, 0.3) is 11.1 Å². The minimum absolute atomic E-state index is 0.0273. The number of hydrogen-bond donors (Lipinski definition) is 1. The largest absolute Gasteiger partial charge is 0.465 e. The Morgan fingerprint density at radius 3 is 2.35 bits per heavy atom. The number of rotatable bonds is 7. The van der Waals surface area contributed by atoms with Crippen molar-refractivity contribution in [3.63, 3.8) is 0 Å². The second kappa shape index (κ2) is 9.15. The summed E-state index contributed by atoms with van der Waals surface area (Å²) in [5, 5.41) is 9.13. The molecular weight excluding hydrogens is 330 g/mol. The molecule has 0 saturated heterocycles. The molecule has 26 heavy (non-hydrogen) atoms. The molecule has 5 nitrogen and oxygen atoms in total. The number of benzene rings is 2. The van der Waals surface area contributed by atoms with Gasteiger partial charge in [-0.3, -0.25) is 4.79 Å². The molecule has 1 N–H and O–H groups in total. The van der Waals surface area contributed by atoms with Crippen LogP contribution in [0.15, 0.2) is 48.5 Å². The van der Waals surface area contributed by atoms with Gasteiger partial charge < -0.3 is 14.7 Å². The Morgan fingerprint density at radius 1 is 1.08 bits per heavy atom. The minimum Gasteiger partial charge on any atom is -0.465 e. The van der Waals surface area contributed by atoms with Crippen LogP contribution >= 0.6 is 0 Å². The van der Waals surface area contributed by atoms with Gasteiger partial charge in [0, 0.05) is 24.8 Å². The average Bonchev–Trinajstić information content (AvgIpc) is 2.68. The number of aliphatic hydroxyl groups is 1. The summed E-state index contributed by atoms with van der Waals surface area (Å²) in [6, 6.07) is 14.5. The lowest BCUT2D eigenvalue weighted by Gasteiger charge is -2.28. The van der Waals surface area contributed by atoms with Gasteiger partial charge in [0.2, 0.25) is 0 Å². The maximum absolute atomic E-state index is 12.8. The van der Waals surface area contributed by atoms with E-state index in [2.05, 4.69) is 0 Å². The molecule has 0 fully saturated rings. The number of ether oxygens (including phenoxy) is 1. The number of nitrogens with zero attached hydrogens (tertiary/aromatic N) is 1. The quantitative estimate of drug-likeness (QED) is 0.773. The second-order valence-electron chi connectivity index (χ2n) is 6.10. The number of aliphatic hydroxyl groups excluding tert-OH is 1. The van der Waals surface area contributed by atoms with Crippen molar-refractivity contribution in [3.8, 4) is 11.1 Å². The molecule has 0 radical (unpaired) electrons. The van der Waals surface area contributed by atoms with Crippen LogP contribution in [0.5, 0.6) is 0 Å². The molecule has 5 heteroatoms. The van der Waals surface area contributed by atoms with Crippen LogP contribution in [0.4, 0.5) is 0 Å². The predicted octanol–water partition coefficient (Wildman–Crippen LogP) is 3.37. The fourth-order valence-electron chi connectivity index (χ4n) is 2.91. The van der Waals surface area contributed by atoms with Crippen molar-refractivity contribution in [1.82, 2.24) is 4.90 Å². The van der Waals surface area contributed by atoms with E-state index in [1.807, 2.05) is 44.2 Å². The maximum Gasteiger partial charge on any atom is 0.337 e. The molecule has 0 aliphatic heterocycles. The van der Waals surface area contributed by atoms with Crippen LogP contribution in [-0.2, 0) is 4.74 Å². The highest BCUT2D eigenvalue weighted by molar-refractivity contribution is 5.96. The average molecular weight is 355 g/mol. The van der Waals surface area contributed by atoms with Crippen molar-refractivity contribution in [3.05, 3.63) is 59.7 Å². The third kappa shape index (κ3) is 4.49. The van der Waals surface area contributed by atoms with Gasteiger partial charge in [0.15, 0.2) is 0 Å². The number of carbonyl (C=O) groups excluding carboxylic acids is 2. The fraction of sp³-hybridized carbons (Fsp3) is 0.333. The lowest BCUT2D eigenvalue weighted by atomic mass is 10.0. The Balaban J connectivity index is 2.26. The summed E-state index contributed by atoms with van der Waals surface area (Å²) < 4.78 is 4.71. The Hall–Kier alpha value is -2.66. The van der Waals surface area contributed by atoms with Crippen molar-refractivity contribution in [2.45, 2.75) is 26.3 Å². The van der Waals surface area contributed by atoms with Gasteiger partial charge >= 0.3 is 5.97 Å². The highest BCUT2D eigenvalue weighted by Crippen LogP contribution is 2.22. The van der Waals surface area contributed by atoms with Crippen LogP contribution in [0.2, 0.25) is 0 Å². The second-order valence-corrected chi connectivity index (χ2v) is 6.10. The Morgan fingerprint density at radius 2 is 1.77 bits per heavy atom. The topological polar surface area (TPSA) is 66.8 Å². The summed E-state index contributed by atoms with van der Waals surface area (Å²) in [7, 11) is 1.35. The summed E-state index contributed by atoms with van der Waals surface area (Å²) in [5.74, 6) is -0.432. The van der Waals surface area contributed by atoms with Crippen LogP contribution in [0.1, 0.15) is 41.0 Å². The van der Waals surface area contributed by atoms with E-state index >= 15 is 0 Å². The molecule has 0 unspecified atom stereocenters. The van der Waals surface area contributed by atoms with Crippen LogP contribution < -0.4 is 0 Å². The summed E-state index contributed by atoms with van der Waals surface area (Å²) >= 11 is 0. The molecule has 138 valence electrons. The molecule has 0 bridgehead atoms. The standard InChI is InChI=1S/C21H25NO4/c1-4-22(15(2)12-13-23)20(24)19-7-5-6-18(14-19)16-8-10-17(11-9-16)21(25)26-3/h5-11,14-15,23H,4,12-13H2,1-3H3/t15-/m0/s1. The number of carbonyl (C=O) groups is 2. The molecule has 2 rings (SSSR count). The highest BCUT2D eigenvalue weighted by Gasteiger charge is 2.20. The zero-order valence-corrected chi connectivity index (χ0v) is 15.4. The zero-order valence-electron chi connectivity index (χ0n) is 15.4. The first kappa shape index (κ1) is 19.7. The Bertz CT molecular complexity index is 755. The third-order valence-electron chi connectivity index (χ3n) is 4.43. The van der Waals surface area contributed by atoms with Gasteiger partial charge in [-0.25, -0.2) is 4.79 Å². The molecule has 0 aromatic heterocycles. The van der Waals surface area contributed by atoms with Gasteiger partial charge in [-0.05, 0) is 55.7 Å². The van der Waals surface area contributed by atoms with E-state index in [-0.39, 0.29) is 24.5 Å². The van der Waals surface area contributed by atoms with Crippen molar-refractivity contribution in [2.24, 2.45) is 0 Å². The van der Waals surface area contributed by atoms with Gasteiger partial charge in [-0.2, -0.15) is 0 Å². The molecule has 0 aliphatic carbocycles. The molecule has 0 heterocycles. The van der Waals surface area contributed by atoms with E-state index in [1.54, 1.807) is 23.1 Å². The van der Waals surface area contributed by atoms with Gasteiger partial charge in [0.1, 0.15) is 0 Å². The number of esters is 1.